The molecule has 2 heteroatoms. The van der Waals surface area contributed by atoms with E-state index in [9.17, 15) is 0 Å². The summed E-state index contributed by atoms with van der Waals surface area (Å²) in [6.45, 7) is 6.59. The minimum atomic E-state index is 0.210. The Bertz CT molecular complexity index is 291. The fourth-order valence-corrected chi connectivity index (χ4v) is 1.14. The summed E-state index contributed by atoms with van der Waals surface area (Å²) < 4.78 is 0. The Kier molecular flexibility index (Phi) is 2.81. The van der Waals surface area contributed by atoms with Crippen molar-refractivity contribution in [3.63, 3.8) is 0 Å². The van der Waals surface area contributed by atoms with Crippen LogP contribution < -0.4 is 0 Å². The molecule has 0 radical (unpaired) electrons. The zero-order valence-electron chi connectivity index (χ0n) is 8.70. The van der Waals surface area contributed by atoms with Gasteiger partial charge in [-0.3, -0.25) is 0 Å². The largest absolute Gasteiger partial charge is 0.192 e. The predicted molar refractivity (Wildman–Crippen MR) is 55.6 cm³/mol. The topological polar surface area (TPSA) is 24.7 Å². The Hall–Kier alpha value is -1.18. The molecule has 0 aliphatic carbocycles. The highest BCUT2D eigenvalue weighted by Gasteiger charge is 2.12. The highest BCUT2D eigenvalue weighted by atomic mass is 15.1. The van der Waals surface area contributed by atoms with E-state index in [2.05, 4.69) is 43.1 Å². The maximum absolute atomic E-state index is 3.95. The van der Waals surface area contributed by atoms with Crippen molar-refractivity contribution in [2.24, 2.45) is 10.2 Å². The summed E-state index contributed by atoms with van der Waals surface area (Å²) in [6, 6.07) is 8.19. The third kappa shape index (κ3) is 2.65. The number of azo groups is 1. The van der Waals surface area contributed by atoms with Crippen molar-refractivity contribution in [1.29, 1.82) is 0 Å². The lowest BCUT2D eigenvalue weighted by Gasteiger charge is -2.18. The van der Waals surface area contributed by atoms with E-state index in [4.69, 9.17) is 0 Å². The zero-order valence-corrected chi connectivity index (χ0v) is 8.70. The summed E-state index contributed by atoms with van der Waals surface area (Å²) in [5.41, 5.74) is 2.44. The van der Waals surface area contributed by atoms with Crippen molar-refractivity contribution < 1.29 is 0 Å². The van der Waals surface area contributed by atoms with Crippen LogP contribution in [0.5, 0.6) is 0 Å². The summed E-state index contributed by atoms with van der Waals surface area (Å²) >= 11 is 0. The van der Waals surface area contributed by atoms with Gasteiger partial charge in [-0.1, -0.05) is 32.9 Å². The van der Waals surface area contributed by atoms with Gasteiger partial charge in [-0.05, 0) is 23.1 Å². The molecule has 0 atom stereocenters. The monoisotopic (exact) mass is 176 g/mol. The zero-order chi connectivity index (χ0) is 9.90. The van der Waals surface area contributed by atoms with Crippen LogP contribution in [0, 0.1) is 0 Å². The van der Waals surface area contributed by atoms with Gasteiger partial charge in [0.2, 0.25) is 0 Å². The molecule has 0 fully saturated rings. The predicted octanol–water partition coefficient (Wildman–Crippen LogP) is 3.70. The Balaban J connectivity index is 2.94. The number of nitrogens with zero attached hydrogens (tertiary/aromatic N) is 2. The van der Waals surface area contributed by atoms with Crippen LogP contribution in [0.25, 0.3) is 0 Å². The van der Waals surface area contributed by atoms with Crippen molar-refractivity contribution in [3.8, 4) is 0 Å². The smallest absolute Gasteiger partial charge is 0.0852 e. The average molecular weight is 176 g/mol. The Labute approximate surface area is 79.7 Å². The molecule has 0 aliphatic heterocycles. The Morgan fingerprint density at radius 3 is 1.92 bits per heavy atom. The SMILES string of the molecule is CN=Nc1ccc(C(C)(C)C)cc1. The quantitative estimate of drug-likeness (QED) is 0.583. The molecular formula is C11H16N2. The van der Waals surface area contributed by atoms with Crippen molar-refractivity contribution in [1.82, 2.24) is 0 Å². The van der Waals surface area contributed by atoms with Crippen LogP contribution >= 0.6 is 0 Å². The van der Waals surface area contributed by atoms with Gasteiger partial charge in [0, 0.05) is 7.05 Å². The molecule has 13 heavy (non-hydrogen) atoms. The normalized spacial score (nSPS) is 12.3. The molecule has 0 saturated heterocycles. The molecule has 0 unspecified atom stereocenters. The first-order chi connectivity index (χ1) is 6.04. The van der Waals surface area contributed by atoms with Crippen LogP contribution in [0.2, 0.25) is 0 Å². The Morgan fingerprint density at radius 2 is 1.54 bits per heavy atom. The van der Waals surface area contributed by atoms with Gasteiger partial charge in [-0.25, -0.2) is 0 Å². The van der Waals surface area contributed by atoms with Crippen LogP contribution in [-0.2, 0) is 5.41 Å². The standard InChI is InChI=1S/C11H16N2/c1-11(2,3)9-5-7-10(8-6-9)13-12-4/h5-8H,1-4H3. The third-order valence-electron chi connectivity index (χ3n) is 1.95. The highest BCUT2D eigenvalue weighted by Crippen LogP contribution is 2.24. The van der Waals surface area contributed by atoms with Gasteiger partial charge in [-0.2, -0.15) is 10.2 Å². The van der Waals surface area contributed by atoms with Crippen LogP contribution in [0.1, 0.15) is 26.3 Å². The third-order valence-corrected chi connectivity index (χ3v) is 1.95. The molecule has 0 aliphatic rings. The minimum Gasteiger partial charge on any atom is -0.192 e. The molecule has 0 aromatic heterocycles. The molecule has 2 nitrogen and oxygen atoms in total. The molecule has 0 spiro atoms. The van der Waals surface area contributed by atoms with E-state index in [1.165, 1.54) is 5.56 Å². The van der Waals surface area contributed by atoms with Crippen molar-refractivity contribution in [2.45, 2.75) is 26.2 Å². The second kappa shape index (κ2) is 3.69. The summed E-state index contributed by atoms with van der Waals surface area (Å²) in [5.74, 6) is 0. The van der Waals surface area contributed by atoms with Crippen molar-refractivity contribution in [2.75, 3.05) is 7.05 Å². The molecule has 0 heterocycles. The van der Waals surface area contributed by atoms with Crippen molar-refractivity contribution >= 4 is 5.69 Å². The highest BCUT2D eigenvalue weighted by molar-refractivity contribution is 5.39. The lowest BCUT2D eigenvalue weighted by Crippen LogP contribution is -2.10. The van der Waals surface area contributed by atoms with Crippen molar-refractivity contribution in [3.05, 3.63) is 29.8 Å². The molecule has 0 bridgehead atoms. The molecule has 0 saturated carbocycles. The average Bonchev–Trinajstić information content (AvgIpc) is 2.04. The molecule has 70 valence electrons. The van der Waals surface area contributed by atoms with Gasteiger partial charge in [0.25, 0.3) is 0 Å². The molecule has 1 rings (SSSR count). The molecule has 0 amide bonds. The van der Waals surface area contributed by atoms with E-state index >= 15 is 0 Å². The first-order valence-electron chi connectivity index (χ1n) is 4.44. The summed E-state index contributed by atoms with van der Waals surface area (Å²) in [4.78, 5) is 0. The van der Waals surface area contributed by atoms with Crippen LogP contribution in [0.4, 0.5) is 5.69 Å². The summed E-state index contributed by atoms with van der Waals surface area (Å²) in [6.07, 6.45) is 0. The van der Waals surface area contributed by atoms with Gasteiger partial charge >= 0.3 is 0 Å². The van der Waals surface area contributed by atoms with Gasteiger partial charge in [0.1, 0.15) is 0 Å². The molecule has 1 aromatic carbocycles. The van der Waals surface area contributed by atoms with Gasteiger partial charge in [-0.15, -0.1) is 0 Å². The van der Waals surface area contributed by atoms with Gasteiger partial charge < -0.3 is 0 Å². The molecular weight excluding hydrogens is 160 g/mol. The minimum absolute atomic E-state index is 0.210. The maximum Gasteiger partial charge on any atom is 0.0852 e. The van der Waals surface area contributed by atoms with Gasteiger partial charge in [0.15, 0.2) is 0 Å². The number of rotatable bonds is 1. The lowest BCUT2D eigenvalue weighted by molar-refractivity contribution is 0.590. The number of hydrogen-bond donors (Lipinski definition) is 0. The number of benzene rings is 1. The second-order valence-electron chi connectivity index (χ2n) is 4.10. The maximum atomic E-state index is 3.95. The second-order valence-corrected chi connectivity index (χ2v) is 4.10. The van der Waals surface area contributed by atoms with E-state index in [1.54, 1.807) is 7.05 Å². The van der Waals surface area contributed by atoms with E-state index in [1.807, 2.05) is 12.1 Å². The summed E-state index contributed by atoms with van der Waals surface area (Å²) in [7, 11) is 1.68. The van der Waals surface area contributed by atoms with E-state index in [-0.39, 0.29) is 5.41 Å². The molecule has 0 N–H and O–H groups in total. The lowest BCUT2D eigenvalue weighted by atomic mass is 9.87. The van der Waals surface area contributed by atoms with E-state index < -0.39 is 0 Å². The van der Waals surface area contributed by atoms with E-state index in [0.29, 0.717) is 0 Å². The first kappa shape index (κ1) is 9.90. The van der Waals surface area contributed by atoms with Gasteiger partial charge in [0.05, 0.1) is 5.69 Å². The fourth-order valence-electron chi connectivity index (χ4n) is 1.14. The molecule has 1 aromatic rings. The van der Waals surface area contributed by atoms with Crippen LogP contribution in [0.15, 0.2) is 34.5 Å². The van der Waals surface area contributed by atoms with Crippen LogP contribution in [0.3, 0.4) is 0 Å². The van der Waals surface area contributed by atoms with Crippen LogP contribution in [-0.4, -0.2) is 7.05 Å². The first-order valence-corrected chi connectivity index (χ1v) is 4.44. The number of hydrogen-bond acceptors (Lipinski definition) is 2. The Morgan fingerprint density at radius 1 is 1.00 bits per heavy atom. The summed E-state index contributed by atoms with van der Waals surface area (Å²) in [5, 5.41) is 7.68. The van der Waals surface area contributed by atoms with E-state index in [0.717, 1.165) is 5.69 Å². The fraction of sp³-hybridized carbons (Fsp3) is 0.455.